The van der Waals surface area contributed by atoms with Crippen molar-refractivity contribution >= 4 is 13.3 Å². The minimum absolute atomic E-state index is 0. The van der Waals surface area contributed by atoms with Crippen molar-refractivity contribution in [2.45, 2.75) is 92.3 Å². The van der Waals surface area contributed by atoms with Crippen LogP contribution in [0.25, 0.3) is 22.5 Å². The third-order valence-electron chi connectivity index (χ3n) is 9.07. The van der Waals surface area contributed by atoms with Crippen molar-refractivity contribution in [3.8, 4) is 22.5 Å². The van der Waals surface area contributed by atoms with Gasteiger partial charge in [-0.2, -0.15) is 0 Å². The van der Waals surface area contributed by atoms with Gasteiger partial charge in [0.15, 0.2) is 0 Å². The molecule has 2 heterocycles. The minimum atomic E-state index is -1.49. The number of hydrogen-bond donors (Lipinski definition) is 0. The first-order valence-electron chi connectivity index (χ1n) is 17.0. The summed E-state index contributed by atoms with van der Waals surface area (Å²) in [5, 5.41) is 1.37. The van der Waals surface area contributed by atoms with Gasteiger partial charge in [0.1, 0.15) is 0 Å². The summed E-state index contributed by atoms with van der Waals surface area (Å²) >= 11 is 0. The SMILES string of the molecule is CC(c1ccccc1)c1ccnc(-c2[c-]ccc3c2CCCC3)c1.Cc1cc[c-]c(-c2cc(CC(C)(C)C)c([Si](C)(C)C)cn2)c1F.[Ir]. The summed E-state index contributed by atoms with van der Waals surface area (Å²) in [5.74, 6) is 0.148. The van der Waals surface area contributed by atoms with Crippen molar-refractivity contribution in [2.24, 2.45) is 5.41 Å². The molecule has 0 saturated heterocycles. The molecule has 2 nitrogen and oxygen atoms in total. The van der Waals surface area contributed by atoms with Crippen LogP contribution >= 0.6 is 0 Å². The smallest absolute Gasteiger partial charge is 0.0798 e. The minimum Gasteiger partial charge on any atom is -0.305 e. The predicted octanol–water partition coefficient (Wildman–Crippen LogP) is 10.7. The third-order valence-corrected chi connectivity index (χ3v) is 11.1. The van der Waals surface area contributed by atoms with Gasteiger partial charge in [0.05, 0.1) is 8.07 Å². The van der Waals surface area contributed by atoms with E-state index in [4.69, 9.17) is 0 Å². The number of fused-ring (bicyclic) bond motifs is 1. The van der Waals surface area contributed by atoms with Gasteiger partial charge in [0, 0.05) is 44.2 Å². The van der Waals surface area contributed by atoms with E-state index in [0.717, 1.165) is 18.5 Å². The Morgan fingerprint density at radius 1 is 0.833 bits per heavy atom. The van der Waals surface area contributed by atoms with E-state index in [0.29, 0.717) is 22.7 Å². The number of hydrogen-bond acceptors (Lipinski definition) is 2. The fourth-order valence-corrected chi connectivity index (χ4v) is 8.10. The fraction of sp³-hybridized carbons (Fsp3) is 0.349. The van der Waals surface area contributed by atoms with Crippen LogP contribution in [0.5, 0.6) is 0 Å². The largest absolute Gasteiger partial charge is 0.305 e. The second-order valence-electron chi connectivity index (χ2n) is 15.2. The van der Waals surface area contributed by atoms with Gasteiger partial charge in [-0.15, -0.1) is 53.1 Å². The van der Waals surface area contributed by atoms with Gasteiger partial charge < -0.3 is 9.97 Å². The summed E-state index contributed by atoms with van der Waals surface area (Å²) in [6, 6.07) is 31.4. The summed E-state index contributed by atoms with van der Waals surface area (Å²) in [5.41, 5.74) is 11.1. The van der Waals surface area contributed by atoms with E-state index < -0.39 is 8.07 Å². The molecule has 0 fully saturated rings. The summed E-state index contributed by atoms with van der Waals surface area (Å²) in [6.07, 6.45) is 9.81. The van der Waals surface area contributed by atoms with Crippen molar-refractivity contribution in [3.05, 3.63) is 137 Å². The number of aromatic nitrogens is 2. The van der Waals surface area contributed by atoms with E-state index in [2.05, 4.69) is 130 Å². The standard InChI is InChI=1S/C23H22N.C20H27FNSi.Ir/c1-17(18-8-3-2-4-9-18)20-14-15-24-23(16-20)22-13-7-11-19-10-5-6-12-21(19)22;1-14-9-8-10-16(19(14)21)17-11-15(12-20(2,3)4)18(13-22-17)23(5,6)7;/h2-4,7-9,11,14-17H,5-6,10,12H2,1H3;8-9,11,13H,12H2,1-7H3;/q2*-1;. The molecule has 0 N–H and O–H groups in total. The number of aryl methyl sites for hydroxylation is 2. The Morgan fingerprint density at radius 2 is 1.50 bits per heavy atom. The maximum atomic E-state index is 14.4. The molecule has 48 heavy (non-hydrogen) atoms. The Kier molecular flexibility index (Phi) is 12.5. The Bertz CT molecular complexity index is 1820. The van der Waals surface area contributed by atoms with Crippen LogP contribution in [-0.4, -0.2) is 18.0 Å². The van der Waals surface area contributed by atoms with Gasteiger partial charge in [-0.1, -0.05) is 133 Å². The first-order valence-corrected chi connectivity index (χ1v) is 20.5. The Hall–Kier alpha value is -3.24. The molecule has 1 aliphatic carbocycles. The van der Waals surface area contributed by atoms with E-state index >= 15 is 0 Å². The second-order valence-corrected chi connectivity index (χ2v) is 20.3. The Balaban J connectivity index is 0.000000213. The molecule has 253 valence electrons. The zero-order valence-corrected chi connectivity index (χ0v) is 33.2. The van der Waals surface area contributed by atoms with Gasteiger partial charge >= 0.3 is 0 Å². The number of halogens is 1. The van der Waals surface area contributed by atoms with Crippen molar-refractivity contribution < 1.29 is 24.5 Å². The molecule has 2 aromatic heterocycles. The Labute approximate surface area is 303 Å². The molecular weight excluding hydrogens is 784 g/mol. The van der Waals surface area contributed by atoms with Crippen molar-refractivity contribution in [3.63, 3.8) is 0 Å². The molecule has 0 amide bonds. The number of rotatable bonds is 6. The molecule has 6 rings (SSSR count). The summed E-state index contributed by atoms with van der Waals surface area (Å²) in [7, 11) is -1.49. The van der Waals surface area contributed by atoms with Crippen molar-refractivity contribution in [2.75, 3.05) is 0 Å². The molecule has 5 heteroatoms. The van der Waals surface area contributed by atoms with E-state index in [1.54, 1.807) is 19.1 Å². The molecule has 1 atom stereocenters. The zero-order valence-electron chi connectivity index (χ0n) is 29.8. The molecule has 5 aromatic rings. The molecule has 1 aliphatic rings. The van der Waals surface area contributed by atoms with E-state index in [1.165, 1.54) is 57.8 Å². The predicted molar refractivity (Wildman–Crippen MR) is 198 cm³/mol. The summed E-state index contributed by atoms with van der Waals surface area (Å²) < 4.78 is 14.4. The molecule has 0 bridgehead atoms. The van der Waals surface area contributed by atoms with Gasteiger partial charge in [0.25, 0.3) is 0 Å². The molecule has 0 aliphatic heterocycles. The van der Waals surface area contributed by atoms with Crippen LogP contribution in [0.2, 0.25) is 19.6 Å². The monoisotopic (exact) mass is 833 g/mol. The van der Waals surface area contributed by atoms with Crippen LogP contribution < -0.4 is 5.19 Å². The second kappa shape index (κ2) is 16.0. The summed E-state index contributed by atoms with van der Waals surface area (Å²) in [6.45, 7) is 17.7. The van der Waals surface area contributed by atoms with Crippen molar-refractivity contribution in [1.82, 2.24) is 9.97 Å². The quantitative estimate of drug-likeness (QED) is 0.126. The number of benzene rings is 3. The van der Waals surface area contributed by atoms with Gasteiger partial charge in [-0.3, -0.25) is 4.39 Å². The van der Waals surface area contributed by atoms with Crippen LogP contribution in [0.15, 0.2) is 85.2 Å². The van der Waals surface area contributed by atoms with Crippen LogP contribution in [0.1, 0.15) is 79.8 Å². The molecular formula is C43H49FIrN2Si-2. The third kappa shape index (κ3) is 9.25. The fourth-order valence-electron chi connectivity index (χ4n) is 6.52. The van der Waals surface area contributed by atoms with E-state index in [9.17, 15) is 4.39 Å². The average Bonchev–Trinajstić information content (AvgIpc) is 3.05. The Morgan fingerprint density at radius 3 is 2.21 bits per heavy atom. The maximum Gasteiger partial charge on any atom is 0.0798 e. The maximum absolute atomic E-state index is 14.4. The molecule has 1 radical (unpaired) electrons. The van der Waals surface area contributed by atoms with Crippen LogP contribution in [-0.2, 0) is 39.4 Å². The number of nitrogens with zero attached hydrogens (tertiary/aromatic N) is 2. The first-order chi connectivity index (χ1) is 22.3. The average molecular weight is 833 g/mol. The van der Waals surface area contributed by atoms with Crippen LogP contribution in [0.3, 0.4) is 0 Å². The van der Waals surface area contributed by atoms with E-state index in [-0.39, 0.29) is 31.3 Å². The molecule has 3 aromatic carbocycles. The molecule has 1 unspecified atom stereocenters. The normalized spacial score (nSPS) is 13.4. The van der Waals surface area contributed by atoms with Crippen molar-refractivity contribution in [1.29, 1.82) is 0 Å². The zero-order chi connectivity index (χ0) is 33.8. The topological polar surface area (TPSA) is 25.8 Å². The van der Waals surface area contributed by atoms with Gasteiger partial charge in [-0.25, -0.2) is 0 Å². The molecule has 0 saturated carbocycles. The summed E-state index contributed by atoms with van der Waals surface area (Å²) in [4.78, 5) is 9.23. The van der Waals surface area contributed by atoms with Crippen LogP contribution in [0.4, 0.5) is 4.39 Å². The van der Waals surface area contributed by atoms with Gasteiger partial charge in [-0.05, 0) is 52.0 Å². The first kappa shape index (κ1) is 37.6. The number of pyridine rings is 2. The molecule has 0 spiro atoms. The van der Waals surface area contributed by atoms with E-state index in [1.807, 2.05) is 12.4 Å². The van der Waals surface area contributed by atoms with Crippen LogP contribution in [0, 0.1) is 30.3 Å². The van der Waals surface area contributed by atoms with Gasteiger partial charge in [0.2, 0.25) is 0 Å².